The van der Waals surface area contributed by atoms with E-state index in [0.717, 1.165) is 18.5 Å². The predicted octanol–water partition coefficient (Wildman–Crippen LogP) is 3.95. The lowest BCUT2D eigenvalue weighted by Gasteiger charge is -2.22. The normalized spacial score (nSPS) is 22.6. The molecule has 1 saturated heterocycles. The predicted molar refractivity (Wildman–Crippen MR) is 75.7 cm³/mol. The van der Waals surface area contributed by atoms with Crippen LogP contribution in [0.2, 0.25) is 0 Å². The summed E-state index contributed by atoms with van der Waals surface area (Å²) in [6.45, 7) is 3.00. The van der Waals surface area contributed by atoms with Crippen molar-refractivity contribution in [1.29, 1.82) is 0 Å². The highest BCUT2D eigenvalue weighted by atomic mass is 19.1. The molecule has 19 heavy (non-hydrogen) atoms. The first-order chi connectivity index (χ1) is 9.25. The quantitative estimate of drug-likeness (QED) is 0.856. The monoisotopic (exact) mass is 255 g/mol. The molecule has 2 unspecified atom stereocenters. The molecule has 0 aliphatic carbocycles. The molecule has 1 aliphatic heterocycles. The minimum Gasteiger partial charge on any atom is -0.309 e. The standard InChI is InChI=1S/C17H18FN/c1-12-11-14(18)7-8-15(12)17-16(9-10-19-17)13-5-3-2-4-6-13/h2-8,11,16-17,19H,9-10H2,1H3. The van der Waals surface area contributed by atoms with Gasteiger partial charge in [-0.1, -0.05) is 36.4 Å². The van der Waals surface area contributed by atoms with Gasteiger partial charge in [0.05, 0.1) is 0 Å². The van der Waals surface area contributed by atoms with Crippen LogP contribution in [-0.2, 0) is 0 Å². The molecule has 0 spiro atoms. The van der Waals surface area contributed by atoms with Crippen LogP contribution < -0.4 is 5.32 Å². The van der Waals surface area contributed by atoms with Crippen molar-refractivity contribution in [2.45, 2.75) is 25.3 Å². The van der Waals surface area contributed by atoms with Crippen LogP contribution in [0.5, 0.6) is 0 Å². The number of benzene rings is 2. The fourth-order valence-corrected chi connectivity index (χ4v) is 3.08. The summed E-state index contributed by atoms with van der Waals surface area (Å²) < 4.78 is 13.2. The van der Waals surface area contributed by atoms with Crippen LogP contribution in [0.1, 0.15) is 35.1 Å². The first-order valence-electron chi connectivity index (χ1n) is 6.80. The summed E-state index contributed by atoms with van der Waals surface area (Å²) >= 11 is 0. The van der Waals surface area contributed by atoms with E-state index in [-0.39, 0.29) is 5.82 Å². The Balaban J connectivity index is 1.95. The van der Waals surface area contributed by atoms with Crippen LogP contribution in [0, 0.1) is 12.7 Å². The second-order valence-corrected chi connectivity index (χ2v) is 5.24. The van der Waals surface area contributed by atoms with Gasteiger partial charge >= 0.3 is 0 Å². The molecule has 2 atom stereocenters. The van der Waals surface area contributed by atoms with Gasteiger partial charge in [0, 0.05) is 12.0 Å². The van der Waals surface area contributed by atoms with E-state index in [1.807, 2.05) is 19.1 Å². The van der Waals surface area contributed by atoms with Crippen LogP contribution in [-0.4, -0.2) is 6.54 Å². The van der Waals surface area contributed by atoms with Crippen molar-refractivity contribution < 1.29 is 4.39 Å². The van der Waals surface area contributed by atoms with E-state index >= 15 is 0 Å². The Morgan fingerprint density at radius 1 is 1.11 bits per heavy atom. The molecule has 2 aromatic rings. The van der Waals surface area contributed by atoms with Gasteiger partial charge in [-0.25, -0.2) is 4.39 Å². The van der Waals surface area contributed by atoms with Gasteiger partial charge in [0.25, 0.3) is 0 Å². The molecular weight excluding hydrogens is 237 g/mol. The summed E-state index contributed by atoms with van der Waals surface area (Å²) in [5.41, 5.74) is 3.61. The number of nitrogens with one attached hydrogen (secondary N) is 1. The lowest BCUT2D eigenvalue weighted by atomic mass is 9.86. The van der Waals surface area contributed by atoms with E-state index in [0.29, 0.717) is 12.0 Å². The van der Waals surface area contributed by atoms with Gasteiger partial charge in [0.15, 0.2) is 0 Å². The van der Waals surface area contributed by atoms with E-state index in [1.54, 1.807) is 12.1 Å². The molecule has 98 valence electrons. The second kappa shape index (κ2) is 5.14. The lowest BCUT2D eigenvalue weighted by molar-refractivity contribution is 0.570. The van der Waals surface area contributed by atoms with Crippen LogP contribution in [0.3, 0.4) is 0 Å². The fourth-order valence-electron chi connectivity index (χ4n) is 3.08. The SMILES string of the molecule is Cc1cc(F)ccc1C1NCCC1c1ccccc1. The zero-order valence-corrected chi connectivity index (χ0v) is 11.1. The minimum atomic E-state index is -0.157. The molecule has 2 heteroatoms. The van der Waals surface area contributed by atoms with Crippen molar-refractivity contribution in [3.8, 4) is 0 Å². The largest absolute Gasteiger partial charge is 0.309 e. The number of hydrogen-bond donors (Lipinski definition) is 1. The summed E-state index contributed by atoms with van der Waals surface area (Å²) in [6, 6.07) is 16.0. The maximum absolute atomic E-state index is 13.2. The van der Waals surface area contributed by atoms with Gasteiger partial charge in [-0.05, 0) is 48.7 Å². The molecule has 1 N–H and O–H groups in total. The van der Waals surface area contributed by atoms with Crippen molar-refractivity contribution in [1.82, 2.24) is 5.32 Å². The van der Waals surface area contributed by atoms with E-state index in [2.05, 4.69) is 29.6 Å². The maximum atomic E-state index is 13.2. The van der Waals surface area contributed by atoms with E-state index in [1.165, 1.54) is 11.1 Å². The van der Waals surface area contributed by atoms with Gasteiger partial charge in [0.2, 0.25) is 0 Å². The zero-order chi connectivity index (χ0) is 13.2. The summed E-state index contributed by atoms with van der Waals surface area (Å²) in [6.07, 6.45) is 1.13. The minimum absolute atomic E-state index is 0.157. The van der Waals surface area contributed by atoms with Crippen LogP contribution in [0.4, 0.5) is 4.39 Å². The van der Waals surface area contributed by atoms with Gasteiger partial charge in [-0.3, -0.25) is 0 Å². The van der Waals surface area contributed by atoms with E-state index in [9.17, 15) is 4.39 Å². The van der Waals surface area contributed by atoms with Crippen LogP contribution >= 0.6 is 0 Å². The average molecular weight is 255 g/mol. The highest BCUT2D eigenvalue weighted by Crippen LogP contribution is 2.38. The Hall–Kier alpha value is -1.67. The highest BCUT2D eigenvalue weighted by molar-refractivity contribution is 5.35. The van der Waals surface area contributed by atoms with Crippen molar-refractivity contribution in [2.24, 2.45) is 0 Å². The molecule has 2 aromatic carbocycles. The third-order valence-corrected chi connectivity index (χ3v) is 4.02. The van der Waals surface area contributed by atoms with Gasteiger partial charge in [-0.2, -0.15) is 0 Å². The van der Waals surface area contributed by atoms with Crippen molar-refractivity contribution >= 4 is 0 Å². The smallest absolute Gasteiger partial charge is 0.123 e. The molecule has 0 saturated carbocycles. The number of hydrogen-bond acceptors (Lipinski definition) is 1. The van der Waals surface area contributed by atoms with Crippen molar-refractivity contribution in [2.75, 3.05) is 6.54 Å². The molecule has 1 heterocycles. The maximum Gasteiger partial charge on any atom is 0.123 e. The summed E-state index contributed by atoms with van der Waals surface area (Å²) in [7, 11) is 0. The lowest BCUT2D eigenvalue weighted by Crippen LogP contribution is -2.18. The Morgan fingerprint density at radius 2 is 1.89 bits per heavy atom. The molecule has 0 radical (unpaired) electrons. The second-order valence-electron chi connectivity index (χ2n) is 5.24. The van der Waals surface area contributed by atoms with Crippen molar-refractivity contribution in [3.63, 3.8) is 0 Å². The van der Waals surface area contributed by atoms with Crippen LogP contribution in [0.25, 0.3) is 0 Å². The fraction of sp³-hybridized carbons (Fsp3) is 0.294. The molecule has 0 amide bonds. The summed E-state index contributed by atoms with van der Waals surface area (Å²) in [4.78, 5) is 0. The third kappa shape index (κ3) is 2.41. The first-order valence-corrected chi connectivity index (χ1v) is 6.80. The highest BCUT2D eigenvalue weighted by Gasteiger charge is 2.30. The van der Waals surface area contributed by atoms with Crippen LogP contribution in [0.15, 0.2) is 48.5 Å². The summed E-state index contributed by atoms with van der Waals surface area (Å²) in [5.74, 6) is 0.320. The first kappa shape index (κ1) is 12.4. The molecule has 1 fully saturated rings. The Bertz CT molecular complexity index is 565. The molecule has 0 bridgehead atoms. The molecule has 3 rings (SSSR count). The van der Waals surface area contributed by atoms with Gasteiger partial charge in [0.1, 0.15) is 5.82 Å². The Kier molecular flexibility index (Phi) is 3.34. The third-order valence-electron chi connectivity index (χ3n) is 4.02. The molecule has 1 nitrogen and oxygen atoms in total. The number of rotatable bonds is 2. The number of aryl methyl sites for hydroxylation is 1. The topological polar surface area (TPSA) is 12.0 Å². The Morgan fingerprint density at radius 3 is 2.63 bits per heavy atom. The van der Waals surface area contributed by atoms with Gasteiger partial charge in [-0.15, -0.1) is 0 Å². The van der Waals surface area contributed by atoms with Gasteiger partial charge < -0.3 is 5.32 Å². The van der Waals surface area contributed by atoms with E-state index < -0.39 is 0 Å². The Labute approximate surface area is 113 Å². The van der Waals surface area contributed by atoms with Crippen molar-refractivity contribution in [3.05, 3.63) is 71.0 Å². The molecule has 1 aliphatic rings. The molecular formula is C17H18FN. The number of halogens is 1. The molecule has 0 aromatic heterocycles. The van der Waals surface area contributed by atoms with E-state index in [4.69, 9.17) is 0 Å². The average Bonchev–Trinajstić information content (AvgIpc) is 2.89. The summed E-state index contributed by atoms with van der Waals surface area (Å²) in [5, 5.41) is 3.56. The zero-order valence-electron chi connectivity index (χ0n) is 11.1.